The molecule has 4 heteroatoms. The topological polar surface area (TPSA) is 30.2 Å². The highest BCUT2D eigenvalue weighted by Gasteiger charge is 2.10. The van der Waals surface area contributed by atoms with E-state index in [9.17, 15) is 0 Å². The second-order valence-corrected chi connectivity index (χ2v) is 5.57. The Hall–Kier alpha value is -1.86. The zero-order chi connectivity index (χ0) is 14.7. The van der Waals surface area contributed by atoms with Crippen molar-refractivity contribution in [3.05, 3.63) is 46.4 Å². The molecule has 0 aliphatic rings. The molecule has 2 rings (SSSR count). The fourth-order valence-corrected chi connectivity index (χ4v) is 2.18. The molecule has 3 nitrogen and oxygen atoms in total. The Kier molecular flexibility index (Phi) is 4.41. The number of allylic oxidation sites excluding steroid dienone is 4. The minimum absolute atomic E-state index is 0.386. The maximum Gasteiger partial charge on any atom is 0.159 e. The van der Waals surface area contributed by atoms with Gasteiger partial charge in [0.1, 0.15) is 0 Å². The van der Waals surface area contributed by atoms with Crippen LogP contribution in [0.5, 0.6) is 0 Å². The Bertz CT molecular complexity index is 730. The molecule has 0 saturated heterocycles. The van der Waals surface area contributed by atoms with Crippen LogP contribution in [0.2, 0.25) is 0 Å². The van der Waals surface area contributed by atoms with Crippen molar-refractivity contribution in [3.8, 4) is 12.3 Å². The van der Waals surface area contributed by atoms with Crippen LogP contribution in [0, 0.1) is 12.3 Å². The third-order valence-electron chi connectivity index (χ3n) is 3.05. The zero-order valence-corrected chi connectivity index (χ0v) is 13.3. The summed E-state index contributed by atoms with van der Waals surface area (Å²) in [5.41, 5.74) is 3.90. The molecule has 0 aromatic carbocycles. The smallest absolute Gasteiger partial charge is 0.159 e. The first kappa shape index (κ1) is 14.5. The second-order valence-electron chi connectivity index (χ2n) is 4.72. The summed E-state index contributed by atoms with van der Waals surface area (Å²) in [6.45, 7) is 6.24. The van der Waals surface area contributed by atoms with Gasteiger partial charge in [-0.1, -0.05) is 25.8 Å². The number of terminal acetylenes is 1. The Labute approximate surface area is 127 Å². The van der Waals surface area contributed by atoms with E-state index in [-0.39, 0.29) is 0 Å². The molecule has 0 amide bonds. The van der Waals surface area contributed by atoms with E-state index in [1.165, 1.54) is 0 Å². The largest absolute Gasteiger partial charge is 0.228 e. The molecule has 2 aromatic rings. The molecule has 20 heavy (non-hydrogen) atoms. The van der Waals surface area contributed by atoms with Crippen LogP contribution in [-0.2, 0) is 0 Å². The maximum atomic E-state index is 5.36. The van der Waals surface area contributed by atoms with E-state index >= 15 is 0 Å². The Morgan fingerprint density at radius 1 is 1.50 bits per heavy atom. The number of fused-ring (bicyclic) bond motifs is 1. The van der Waals surface area contributed by atoms with E-state index in [1.54, 1.807) is 4.52 Å². The first-order valence-corrected chi connectivity index (χ1v) is 7.21. The molecule has 0 bridgehead atoms. The van der Waals surface area contributed by atoms with Crippen LogP contribution < -0.4 is 0 Å². The third-order valence-corrected chi connectivity index (χ3v) is 3.50. The lowest BCUT2D eigenvalue weighted by Gasteiger charge is -2.05. The number of hydrogen-bond acceptors (Lipinski definition) is 2. The van der Waals surface area contributed by atoms with Gasteiger partial charge < -0.3 is 0 Å². The van der Waals surface area contributed by atoms with E-state index < -0.39 is 0 Å². The fraction of sp³-hybridized carbons (Fsp3) is 0.250. The summed E-state index contributed by atoms with van der Waals surface area (Å²) in [6.07, 6.45) is 13.0. The third kappa shape index (κ3) is 2.83. The number of halogens is 1. The molecule has 0 fully saturated rings. The SMILES string of the molecule is C#C/C(Br)=C\C(=C/C)c1ccn2ncc(C(C)C)c2n1. The first-order chi connectivity index (χ1) is 9.56. The molecule has 0 N–H and O–H groups in total. The van der Waals surface area contributed by atoms with Gasteiger partial charge in [0.25, 0.3) is 0 Å². The first-order valence-electron chi connectivity index (χ1n) is 6.41. The van der Waals surface area contributed by atoms with Gasteiger partial charge in [0, 0.05) is 11.8 Å². The number of nitrogens with zero attached hydrogens (tertiary/aromatic N) is 3. The number of aromatic nitrogens is 3. The summed E-state index contributed by atoms with van der Waals surface area (Å²) < 4.78 is 2.50. The van der Waals surface area contributed by atoms with Gasteiger partial charge in [-0.05, 0) is 46.5 Å². The monoisotopic (exact) mass is 329 g/mol. The fourth-order valence-electron chi connectivity index (χ4n) is 1.94. The predicted octanol–water partition coefficient (Wildman–Crippen LogP) is 4.17. The van der Waals surface area contributed by atoms with Gasteiger partial charge >= 0.3 is 0 Å². The molecule has 0 radical (unpaired) electrons. The summed E-state index contributed by atoms with van der Waals surface area (Å²) in [7, 11) is 0. The Morgan fingerprint density at radius 2 is 2.25 bits per heavy atom. The standard InChI is InChI=1S/C16H16BrN3/c1-5-12(9-13(17)6-2)15-7-8-20-16(19-15)14(10-18-20)11(3)4/h2,5,7-11H,1,3-4H3/b12-5+,13-9+. The molecule has 0 atom stereocenters. The van der Waals surface area contributed by atoms with E-state index in [0.29, 0.717) is 10.4 Å². The molecule has 0 spiro atoms. The highest BCUT2D eigenvalue weighted by atomic mass is 79.9. The van der Waals surface area contributed by atoms with Crippen LogP contribution in [0.15, 0.2) is 35.1 Å². The van der Waals surface area contributed by atoms with Gasteiger partial charge in [-0.2, -0.15) is 5.10 Å². The molecule has 0 aliphatic carbocycles. The van der Waals surface area contributed by atoms with Crippen molar-refractivity contribution in [2.45, 2.75) is 26.7 Å². The quantitative estimate of drug-likeness (QED) is 0.625. The van der Waals surface area contributed by atoms with Gasteiger partial charge in [0.05, 0.1) is 16.4 Å². The lowest BCUT2D eigenvalue weighted by molar-refractivity contribution is 0.871. The van der Waals surface area contributed by atoms with Crippen LogP contribution in [0.4, 0.5) is 0 Å². The van der Waals surface area contributed by atoms with Gasteiger partial charge in [-0.25, -0.2) is 9.50 Å². The van der Waals surface area contributed by atoms with Crippen LogP contribution in [-0.4, -0.2) is 14.6 Å². The second kappa shape index (κ2) is 6.06. The van der Waals surface area contributed by atoms with Crippen molar-refractivity contribution < 1.29 is 0 Å². The van der Waals surface area contributed by atoms with Crippen LogP contribution >= 0.6 is 15.9 Å². The van der Waals surface area contributed by atoms with Crippen molar-refractivity contribution in [1.29, 1.82) is 0 Å². The molecule has 2 heterocycles. The van der Waals surface area contributed by atoms with Gasteiger partial charge in [0.2, 0.25) is 0 Å². The highest BCUT2D eigenvalue weighted by molar-refractivity contribution is 9.12. The zero-order valence-electron chi connectivity index (χ0n) is 11.8. The summed E-state index contributed by atoms with van der Waals surface area (Å²) in [4.78, 5) is 4.71. The number of rotatable bonds is 3. The summed E-state index contributed by atoms with van der Waals surface area (Å²) in [5, 5.41) is 4.32. The van der Waals surface area contributed by atoms with Gasteiger partial charge in [-0.15, -0.1) is 6.42 Å². The molecule has 0 unspecified atom stereocenters. The van der Waals surface area contributed by atoms with E-state index in [2.05, 4.69) is 40.8 Å². The maximum absolute atomic E-state index is 5.36. The van der Waals surface area contributed by atoms with Gasteiger partial charge in [-0.3, -0.25) is 0 Å². The molecule has 2 aromatic heterocycles. The molecule has 0 saturated carbocycles. The molecular formula is C16H16BrN3. The molecular weight excluding hydrogens is 314 g/mol. The van der Waals surface area contributed by atoms with Crippen molar-refractivity contribution >= 4 is 27.2 Å². The van der Waals surface area contributed by atoms with E-state index in [0.717, 1.165) is 22.5 Å². The van der Waals surface area contributed by atoms with Crippen molar-refractivity contribution in [2.75, 3.05) is 0 Å². The Balaban J connectivity index is 2.56. The average Bonchev–Trinajstić information content (AvgIpc) is 2.87. The minimum atomic E-state index is 0.386. The predicted molar refractivity (Wildman–Crippen MR) is 86.6 cm³/mol. The average molecular weight is 330 g/mol. The normalized spacial score (nSPS) is 13.0. The van der Waals surface area contributed by atoms with Gasteiger partial charge in [0.15, 0.2) is 5.65 Å². The highest BCUT2D eigenvalue weighted by Crippen LogP contribution is 2.22. The van der Waals surface area contributed by atoms with E-state index in [4.69, 9.17) is 11.4 Å². The van der Waals surface area contributed by atoms with Crippen molar-refractivity contribution in [2.24, 2.45) is 0 Å². The number of hydrogen-bond donors (Lipinski definition) is 0. The van der Waals surface area contributed by atoms with Crippen molar-refractivity contribution in [3.63, 3.8) is 0 Å². The summed E-state index contributed by atoms with van der Waals surface area (Å²) >= 11 is 3.33. The van der Waals surface area contributed by atoms with Crippen LogP contribution in [0.25, 0.3) is 11.2 Å². The van der Waals surface area contributed by atoms with Crippen molar-refractivity contribution in [1.82, 2.24) is 14.6 Å². The van der Waals surface area contributed by atoms with Crippen LogP contribution in [0.3, 0.4) is 0 Å². The molecule has 0 aliphatic heterocycles. The lowest BCUT2D eigenvalue weighted by Crippen LogP contribution is -1.96. The molecule has 102 valence electrons. The van der Waals surface area contributed by atoms with E-state index in [1.807, 2.05) is 37.5 Å². The van der Waals surface area contributed by atoms with Crippen LogP contribution in [0.1, 0.15) is 37.9 Å². The minimum Gasteiger partial charge on any atom is -0.228 e. The Morgan fingerprint density at radius 3 is 2.85 bits per heavy atom. The summed E-state index contributed by atoms with van der Waals surface area (Å²) in [6, 6.07) is 1.94. The summed E-state index contributed by atoms with van der Waals surface area (Å²) in [5.74, 6) is 2.94. The lowest BCUT2D eigenvalue weighted by atomic mass is 10.1.